The number of hydrogen-bond donors (Lipinski definition) is 1. The molecule has 0 aromatic carbocycles. The third kappa shape index (κ3) is 24.5. The molecule has 0 aliphatic carbocycles. The molecular weight excluding hydrogens is 162 g/mol. The summed E-state index contributed by atoms with van der Waals surface area (Å²) in [5.41, 5.74) is 0. The topological polar surface area (TPSA) is 21.3 Å². The van der Waals surface area contributed by atoms with Gasteiger partial charge in [-0.15, -0.1) is 0 Å². The summed E-state index contributed by atoms with van der Waals surface area (Å²) < 4.78 is 5.35. The minimum absolute atomic E-state index is 0.392. The molecule has 0 heterocycles. The quantitative estimate of drug-likeness (QED) is 0.718. The Labute approximate surface area is 84.1 Å². The molecule has 0 aliphatic rings. The molecule has 1 N–H and O–H groups in total. The third-order valence-corrected chi connectivity index (χ3v) is 1.50. The largest absolute Gasteiger partial charge is 0.379 e. The zero-order valence-corrected chi connectivity index (χ0v) is 10.2. The van der Waals surface area contributed by atoms with Crippen molar-refractivity contribution >= 4 is 0 Å². The Kier molecular flexibility index (Phi) is 14.1. The van der Waals surface area contributed by atoms with Gasteiger partial charge in [-0.3, -0.25) is 0 Å². The Bertz CT molecular complexity index is 72.2. The van der Waals surface area contributed by atoms with Crippen molar-refractivity contribution in [2.75, 3.05) is 20.2 Å². The molecule has 0 saturated carbocycles. The first kappa shape index (κ1) is 15.4. The van der Waals surface area contributed by atoms with Crippen molar-refractivity contribution in [1.82, 2.24) is 5.32 Å². The van der Waals surface area contributed by atoms with Gasteiger partial charge >= 0.3 is 0 Å². The molecule has 0 atom stereocenters. The van der Waals surface area contributed by atoms with E-state index in [2.05, 4.69) is 39.9 Å². The number of nitrogens with one attached hydrogen (secondary N) is 1. The molecule has 0 amide bonds. The van der Waals surface area contributed by atoms with Gasteiger partial charge in [-0.25, -0.2) is 0 Å². The maximum Gasteiger partial charge on any atom is 0.0518 e. The van der Waals surface area contributed by atoms with Crippen LogP contribution in [0.2, 0.25) is 0 Å². The molecule has 13 heavy (non-hydrogen) atoms. The second-order valence-electron chi connectivity index (χ2n) is 3.81. The number of rotatable bonds is 5. The van der Waals surface area contributed by atoms with Gasteiger partial charge in [-0.05, 0) is 39.8 Å². The summed E-state index contributed by atoms with van der Waals surface area (Å²) in [4.78, 5) is 0. The van der Waals surface area contributed by atoms with E-state index in [1.807, 2.05) is 7.05 Å². The van der Waals surface area contributed by atoms with Gasteiger partial charge in [0.2, 0.25) is 0 Å². The van der Waals surface area contributed by atoms with Crippen LogP contribution in [0.3, 0.4) is 0 Å². The fourth-order valence-electron chi connectivity index (χ4n) is 0.539. The second kappa shape index (κ2) is 11.9. The van der Waals surface area contributed by atoms with Crippen molar-refractivity contribution in [3.8, 4) is 0 Å². The zero-order chi connectivity index (χ0) is 10.7. The van der Waals surface area contributed by atoms with Gasteiger partial charge < -0.3 is 10.1 Å². The normalized spacial score (nSPS) is 10.2. The first-order chi connectivity index (χ1) is 6.04. The Hall–Kier alpha value is -0.0800. The summed E-state index contributed by atoms with van der Waals surface area (Å²) in [6.45, 7) is 12.6. The molecule has 0 fully saturated rings. The van der Waals surface area contributed by atoms with Gasteiger partial charge in [0.15, 0.2) is 0 Å². The van der Waals surface area contributed by atoms with Crippen molar-refractivity contribution in [3.05, 3.63) is 0 Å². The van der Waals surface area contributed by atoms with Gasteiger partial charge in [0.1, 0.15) is 0 Å². The molecule has 0 unspecified atom stereocenters. The van der Waals surface area contributed by atoms with Crippen LogP contribution in [0.5, 0.6) is 0 Å². The molecule has 0 aromatic rings. The van der Waals surface area contributed by atoms with Gasteiger partial charge in [0.25, 0.3) is 0 Å². The van der Waals surface area contributed by atoms with Crippen LogP contribution in [-0.4, -0.2) is 26.3 Å². The highest BCUT2D eigenvalue weighted by molar-refractivity contribution is 4.44. The van der Waals surface area contributed by atoms with E-state index in [1.165, 1.54) is 6.42 Å². The predicted molar refractivity (Wildman–Crippen MR) is 60.1 cm³/mol. The van der Waals surface area contributed by atoms with Crippen molar-refractivity contribution in [2.45, 2.75) is 47.1 Å². The van der Waals surface area contributed by atoms with Crippen LogP contribution in [0.25, 0.3) is 0 Å². The predicted octanol–water partition coefficient (Wildman–Crippen LogP) is 2.68. The van der Waals surface area contributed by atoms with Crippen LogP contribution in [0.15, 0.2) is 0 Å². The molecule has 2 heteroatoms. The van der Waals surface area contributed by atoms with Crippen molar-refractivity contribution in [1.29, 1.82) is 0 Å². The van der Waals surface area contributed by atoms with Gasteiger partial charge in [-0.1, -0.05) is 20.8 Å². The molecule has 0 rings (SSSR count). The van der Waals surface area contributed by atoms with E-state index in [4.69, 9.17) is 4.74 Å². The average molecular weight is 189 g/mol. The molecule has 0 spiro atoms. The van der Waals surface area contributed by atoms with Crippen molar-refractivity contribution in [2.24, 2.45) is 5.92 Å². The van der Waals surface area contributed by atoms with E-state index in [1.54, 1.807) is 0 Å². The average Bonchev–Trinajstić information content (AvgIpc) is 2.03. The smallest absolute Gasteiger partial charge is 0.0518 e. The van der Waals surface area contributed by atoms with Crippen LogP contribution in [0.4, 0.5) is 0 Å². The van der Waals surface area contributed by atoms with Crippen LogP contribution >= 0.6 is 0 Å². The first-order valence-corrected chi connectivity index (χ1v) is 5.30. The monoisotopic (exact) mass is 189 g/mol. The molecule has 0 aromatic heterocycles. The van der Waals surface area contributed by atoms with E-state index in [-0.39, 0.29) is 0 Å². The van der Waals surface area contributed by atoms with Gasteiger partial charge in [0.05, 0.1) is 6.10 Å². The van der Waals surface area contributed by atoms with Gasteiger partial charge in [0, 0.05) is 6.61 Å². The molecule has 0 aliphatic heterocycles. The van der Waals surface area contributed by atoms with Crippen molar-refractivity contribution in [3.63, 3.8) is 0 Å². The summed E-state index contributed by atoms with van der Waals surface area (Å²) in [7, 11) is 1.93. The van der Waals surface area contributed by atoms with Crippen LogP contribution in [-0.2, 0) is 4.74 Å². The summed E-state index contributed by atoms with van der Waals surface area (Å²) in [5, 5.41) is 2.93. The van der Waals surface area contributed by atoms with Crippen LogP contribution in [0.1, 0.15) is 41.0 Å². The SMILES string of the molecule is CC(C)CCOC(C)C.CCNC. The third-order valence-electron chi connectivity index (χ3n) is 1.50. The fourth-order valence-corrected chi connectivity index (χ4v) is 0.539. The molecule has 0 radical (unpaired) electrons. The van der Waals surface area contributed by atoms with E-state index in [0.717, 1.165) is 19.1 Å². The summed E-state index contributed by atoms with van der Waals surface area (Å²) >= 11 is 0. The molecule has 2 nitrogen and oxygen atoms in total. The highest BCUT2D eigenvalue weighted by atomic mass is 16.5. The van der Waals surface area contributed by atoms with E-state index >= 15 is 0 Å². The standard InChI is InChI=1S/C8H18O.C3H9N/c1-7(2)5-6-9-8(3)4;1-3-4-2/h7-8H,5-6H2,1-4H3;4H,3H2,1-2H3. The Morgan fingerprint density at radius 1 is 1.15 bits per heavy atom. The van der Waals surface area contributed by atoms with E-state index in [0.29, 0.717) is 6.10 Å². The molecule has 0 bridgehead atoms. The van der Waals surface area contributed by atoms with Crippen LogP contribution < -0.4 is 5.32 Å². The van der Waals surface area contributed by atoms with E-state index in [9.17, 15) is 0 Å². The summed E-state index contributed by atoms with van der Waals surface area (Å²) in [5.74, 6) is 0.767. The lowest BCUT2D eigenvalue weighted by Crippen LogP contribution is -2.05. The number of hydrogen-bond acceptors (Lipinski definition) is 2. The number of ether oxygens (including phenoxy) is 1. The molecule has 82 valence electrons. The molecule has 0 saturated heterocycles. The van der Waals surface area contributed by atoms with E-state index < -0.39 is 0 Å². The summed E-state index contributed by atoms with van der Waals surface area (Å²) in [6, 6.07) is 0. The highest BCUT2D eigenvalue weighted by Crippen LogP contribution is 2.00. The lowest BCUT2D eigenvalue weighted by Gasteiger charge is -2.08. The maximum atomic E-state index is 5.35. The second-order valence-corrected chi connectivity index (χ2v) is 3.81. The fraction of sp³-hybridized carbons (Fsp3) is 1.00. The molecular formula is C11H27NO. The lowest BCUT2D eigenvalue weighted by molar-refractivity contribution is 0.0710. The van der Waals surface area contributed by atoms with Crippen LogP contribution in [0, 0.1) is 5.92 Å². The minimum Gasteiger partial charge on any atom is -0.379 e. The Morgan fingerprint density at radius 2 is 1.62 bits per heavy atom. The zero-order valence-electron chi connectivity index (χ0n) is 10.2. The Balaban J connectivity index is 0. The minimum atomic E-state index is 0.392. The summed E-state index contributed by atoms with van der Waals surface area (Å²) in [6.07, 6.45) is 1.57. The highest BCUT2D eigenvalue weighted by Gasteiger charge is 1.95. The Morgan fingerprint density at radius 3 is 1.85 bits per heavy atom. The lowest BCUT2D eigenvalue weighted by atomic mass is 10.1. The van der Waals surface area contributed by atoms with Gasteiger partial charge in [-0.2, -0.15) is 0 Å². The van der Waals surface area contributed by atoms with Crippen molar-refractivity contribution < 1.29 is 4.74 Å². The first-order valence-electron chi connectivity index (χ1n) is 5.30. The maximum absolute atomic E-state index is 5.35.